The van der Waals surface area contributed by atoms with Crippen LogP contribution in [0, 0.1) is 5.92 Å². The third-order valence-corrected chi connectivity index (χ3v) is 4.95. The summed E-state index contributed by atoms with van der Waals surface area (Å²) in [5, 5.41) is 3.82. The molecule has 4 rings (SSSR count). The Morgan fingerprint density at radius 1 is 1.19 bits per heavy atom. The molecule has 3 aromatic rings. The van der Waals surface area contributed by atoms with E-state index in [0.29, 0.717) is 18.8 Å². The van der Waals surface area contributed by atoms with E-state index in [0.717, 1.165) is 27.8 Å². The lowest BCUT2D eigenvalue weighted by molar-refractivity contribution is -0.119. The second kappa shape index (κ2) is 7.23. The number of carbonyl (C=O) groups excluding carboxylic acids is 1. The van der Waals surface area contributed by atoms with Crippen molar-refractivity contribution in [3.8, 4) is 22.8 Å². The summed E-state index contributed by atoms with van der Waals surface area (Å²) in [6, 6.07) is 11.7. The van der Waals surface area contributed by atoms with E-state index in [2.05, 4.69) is 15.3 Å². The summed E-state index contributed by atoms with van der Waals surface area (Å²) in [4.78, 5) is 20.3. The van der Waals surface area contributed by atoms with Crippen LogP contribution in [0.4, 0.5) is 0 Å². The maximum Gasteiger partial charge on any atom is 0.220 e. The van der Waals surface area contributed by atoms with Crippen LogP contribution in [0.25, 0.3) is 22.0 Å². The van der Waals surface area contributed by atoms with Crippen LogP contribution in [0.3, 0.4) is 0 Å². The minimum absolute atomic E-state index is 0.0834. The van der Waals surface area contributed by atoms with E-state index in [9.17, 15) is 4.79 Å². The predicted octanol–water partition coefficient (Wildman–Crippen LogP) is 3.21. The fraction of sp³-hybridized carbons (Fsp3) is 0.286. The number of rotatable bonds is 5. The van der Waals surface area contributed by atoms with E-state index < -0.39 is 0 Å². The number of aromatic nitrogens is 2. The van der Waals surface area contributed by atoms with Gasteiger partial charge in [0.15, 0.2) is 0 Å². The first-order valence-corrected chi connectivity index (χ1v) is 8.96. The van der Waals surface area contributed by atoms with Gasteiger partial charge in [-0.25, -0.2) is 4.98 Å². The van der Waals surface area contributed by atoms with Crippen LogP contribution >= 0.6 is 0 Å². The lowest BCUT2D eigenvalue weighted by Crippen LogP contribution is -2.25. The van der Waals surface area contributed by atoms with Gasteiger partial charge in [0, 0.05) is 48.3 Å². The number of benzene rings is 1. The summed E-state index contributed by atoms with van der Waals surface area (Å²) in [5.41, 5.74) is 2.78. The number of pyridine rings is 2. The zero-order chi connectivity index (χ0) is 18.8. The largest absolute Gasteiger partial charge is 0.490 e. The number of hydrogen-bond acceptors (Lipinski definition) is 5. The van der Waals surface area contributed by atoms with Crippen molar-refractivity contribution in [3.05, 3.63) is 48.8 Å². The van der Waals surface area contributed by atoms with Gasteiger partial charge in [-0.15, -0.1) is 0 Å². The molecule has 1 unspecified atom stereocenters. The van der Waals surface area contributed by atoms with Gasteiger partial charge in [0.2, 0.25) is 11.8 Å². The summed E-state index contributed by atoms with van der Waals surface area (Å²) in [7, 11) is 1.60. The molecule has 6 heteroatoms. The number of hydrogen-bond donors (Lipinski definition) is 1. The van der Waals surface area contributed by atoms with Crippen molar-refractivity contribution in [2.75, 3.05) is 13.7 Å². The molecular weight excluding hydrogens is 342 g/mol. The highest BCUT2D eigenvalue weighted by Gasteiger charge is 2.28. The van der Waals surface area contributed by atoms with Gasteiger partial charge in [-0.1, -0.05) is 0 Å². The van der Waals surface area contributed by atoms with Crippen LogP contribution in [0.2, 0.25) is 0 Å². The zero-order valence-corrected chi connectivity index (χ0v) is 15.3. The maximum atomic E-state index is 11.5. The standard InChI is InChI=1S/C21H21N3O3/c1-13(16-10-20(25)23-12-16)27-19-9-15(8-18-17(19)4-3-7-22-18)14-5-6-21(26-2)24-11-14/h3-9,11,13,16H,10,12H2,1-2H3,(H,23,25)/t13-,16?/m1/s1. The Kier molecular flexibility index (Phi) is 4.62. The molecule has 2 aromatic heterocycles. The number of nitrogens with one attached hydrogen (secondary N) is 1. The van der Waals surface area contributed by atoms with Crippen molar-refractivity contribution in [2.45, 2.75) is 19.4 Å². The molecule has 3 heterocycles. The van der Waals surface area contributed by atoms with Crippen LogP contribution in [0.5, 0.6) is 11.6 Å². The van der Waals surface area contributed by atoms with Crippen molar-refractivity contribution in [3.63, 3.8) is 0 Å². The number of ether oxygens (including phenoxy) is 2. The van der Waals surface area contributed by atoms with Gasteiger partial charge in [-0.05, 0) is 42.8 Å². The molecule has 2 atom stereocenters. The van der Waals surface area contributed by atoms with Crippen LogP contribution in [0.15, 0.2) is 48.8 Å². The molecule has 6 nitrogen and oxygen atoms in total. The Labute approximate surface area is 157 Å². The SMILES string of the molecule is COc1ccc(-c2cc(O[C@H](C)C3CNC(=O)C3)c3cccnc3c2)cn1. The Balaban J connectivity index is 1.70. The fourth-order valence-corrected chi connectivity index (χ4v) is 3.34. The summed E-state index contributed by atoms with van der Waals surface area (Å²) in [6.45, 7) is 2.66. The van der Waals surface area contributed by atoms with Crippen LogP contribution in [-0.2, 0) is 4.79 Å². The van der Waals surface area contributed by atoms with Crippen molar-refractivity contribution in [1.82, 2.24) is 15.3 Å². The Morgan fingerprint density at radius 3 is 2.78 bits per heavy atom. The van der Waals surface area contributed by atoms with E-state index in [1.807, 2.05) is 43.3 Å². The number of methoxy groups -OCH3 is 1. The van der Waals surface area contributed by atoms with Gasteiger partial charge >= 0.3 is 0 Å². The summed E-state index contributed by atoms with van der Waals surface area (Å²) in [6.07, 6.45) is 3.96. The molecule has 1 N–H and O–H groups in total. The Hall–Kier alpha value is -3.15. The van der Waals surface area contributed by atoms with Crippen LogP contribution in [0.1, 0.15) is 13.3 Å². The number of fused-ring (bicyclic) bond motifs is 1. The number of amides is 1. The lowest BCUT2D eigenvalue weighted by atomic mass is 10.0. The molecule has 1 amide bonds. The van der Waals surface area contributed by atoms with Gasteiger partial charge in [0.05, 0.1) is 12.6 Å². The average molecular weight is 363 g/mol. The molecular formula is C21H21N3O3. The molecule has 0 saturated carbocycles. The maximum absolute atomic E-state index is 11.5. The molecule has 0 radical (unpaired) electrons. The monoisotopic (exact) mass is 363 g/mol. The quantitative estimate of drug-likeness (QED) is 0.753. The first kappa shape index (κ1) is 17.3. The highest BCUT2D eigenvalue weighted by Crippen LogP contribution is 2.33. The summed E-state index contributed by atoms with van der Waals surface area (Å²) in [5.74, 6) is 1.58. The number of nitrogens with zero attached hydrogens (tertiary/aromatic N) is 2. The van der Waals surface area contributed by atoms with Gasteiger partial charge in [-0.2, -0.15) is 0 Å². The van der Waals surface area contributed by atoms with E-state index in [-0.39, 0.29) is 17.9 Å². The minimum Gasteiger partial charge on any atom is -0.490 e. The molecule has 0 bridgehead atoms. The summed E-state index contributed by atoms with van der Waals surface area (Å²) < 4.78 is 11.4. The van der Waals surface area contributed by atoms with Gasteiger partial charge in [0.25, 0.3) is 0 Å². The van der Waals surface area contributed by atoms with Crippen LogP contribution < -0.4 is 14.8 Å². The molecule has 1 aliphatic heterocycles. The van der Waals surface area contributed by atoms with E-state index in [1.165, 1.54) is 0 Å². The molecule has 138 valence electrons. The Morgan fingerprint density at radius 2 is 2.07 bits per heavy atom. The minimum atomic E-state index is -0.0865. The van der Waals surface area contributed by atoms with Gasteiger partial charge in [-0.3, -0.25) is 9.78 Å². The van der Waals surface area contributed by atoms with E-state index >= 15 is 0 Å². The topological polar surface area (TPSA) is 73.3 Å². The second-order valence-corrected chi connectivity index (χ2v) is 6.72. The third-order valence-electron chi connectivity index (χ3n) is 4.95. The first-order valence-electron chi connectivity index (χ1n) is 8.96. The van der Waals surface area contributed by atoms with Crippen molar-refractivity contribution in [2.24, 2.45) is 5.92 Å². The van der Waals surface area contributed by atoms with Crippen molar-refractivity contribution >= 4 is 16.8 Å². The molecule has 0 aliphatic carbocycles. The molecule has 0 spiro atoms. The molecule has 27 heavy (non-hydrogen) atoms. The first-order chi connectivity index (χ1) is 13.1. The van der Waals surface area contributed by atoms with Gasteiger partial charge < -0.3 is 14.8 Å². The van der Waals surface area contributed by atoms with E-state index in [4.69, 9.17) is 9.47 Å². The summed E-state index contributed by atoms with van der Waals surface area (Å²) >= 11 is 0. The smallest absolute Gasteiger partial charge is 0.220 e. The predicted molar refractivity (Wildman–Crippen MR) is 103 cm³/mol. The normalized spacial score (nSPS) is 17.6. The second-order valence-electron chi connectivity index (χ2n) is 6.72. The van der Waals surface area contributed by atoms with Crippen molar-refractivity contribution in [1.29, 1.82) is 0 Å². The van der Waals surface area contributed by atoms with Crippen molar-refractivity contribution < 1.29 is 14.3 Å². The number of carbonyl (C=O) groups is 1. The molecule has 1 saturated heterocycles. The average Bonchev–Trinajstić information content (AvgIpc) is 3.14. The lowest BCUT2D eigenvalue weighted by Gasteiger charge is -2.21. The molecule has 1 aliphatic rings. The highest BCUT2D eigenvalue weighted by atomic mass is 16.5. The van der Waals surface area contributed by atoms with Crippen LogP contribution in [-0.4, -0.2) is 35.6 Å². The highest BCUT2D eigenvalue weighted by molar-refractivity contribution is 5.90. The fourth-order valence-electron chi connectivity index (χ4n) is 3.34. The van der Waals surface area contributed by atoms with Gasteiger partial charge in [0.1, 0.15) is 11.9 Å². The Bertz CT molecular complexity index is 972. The zero-order valence-electron chi connectivity index (χ0n) is 15.3. The third kappa shape index (κ3) is 3.56. The molecule has 1 aromatic carbocycles. The molecule has 1 fully saturated rings. The van der Waals surface area contributed by atoms with E-state index in [1.54, 1.807) is 19.5 Å².